The number of anilines is 1. The summed E-state index contributed by atoms with van der Waals surface area (Å²) in [5.41, 5.74) is 1.43. The van der Waals surface area contributed by atoms with Gasteiger partial charge in [-0.1, -0.05) is 17.3 Å². The Morgan fingerprint density at radius 1 is 1.50 bits per heavy atom. The quantitative estimate of drug-likeness (QED) is 0.710. The van der Waals surface area contributed by atoms with Crippen LogP contribution in [0.3, 0.4) is 0 Å². The maximum atomic E-state index is 10.4. The van der Waals surface area contributed by atoms with Gasteiger partial charge < -0.3 is 5.11 Å². The van der Waals surface area contributed by atoms with E-state index in [1.807, 2.05) is 6.07 Å². The number of hydrogen-bond donors (Lipinski definition) is 3. The second kappa shape index (κ2) is 4.39. The number of amides is 1. The molecular formula is C9H9N5O2. The molecular weight excluding hydrogens is 210 g/mol. The maximum absolute atomic E-state index is 10.4. The van der Waals surface area contributed by atoms with Crippen molar-refractivity contribution in [3.8, 4) is 0 Å². The van der Waals surface area contributed by atoms with Crippen molar-refractivity contribution in [2.24, 2.45) is 0 Å². The molecule has 0 bridgehead atoms. The Morgan fingerprint density at radius 3 is 3.06 bits per heavy atom. The van der Waals surface area contributed by atoms with Gasteiger partial charge in [0.25, 0.3) is 0 Å². The summed E-state index contributed by atoms with van der Waals surface area (Å²) in [7, 11) is 0. The van der Waals surface area contributed by atoms with Crippen LogP contribution in [0.4, 0.5) is 10.5 Å². The van der Waals surface area contributed by atoms with E-state index in [-0.39, 0.29) is 0 Å². The van der Waals surface area contributed by atoms with Crippen LogP contribution < -0.4 is 5.32 Å². The van der Waals surface area contributed by atoms with Gasteiger partial charge in [0.2, 0.25) is 0 Å². The molecule has 3 N–H and O–H groups in total. The molecule has 0 spiro atoms. The van der Waals surface area contributed by atoms with Crippen molar-refractivity contribution < 1.29 is 9.90 Å². The molecule has 1 heterocycles. The lowest BCUT2D eigenvalue weighted by Crippen LogP contribution is -2.07. The van der Waals surface area contributed by atoms with Gasteiger partial charge in [0.15, 0.2) is 5.82 Å². The standard InChI is InChI=1S/C9H9N5O2/c15-9(16)10-7-3-1-2-6(4-7)5-8-11-13-14-12-8/h1-4,10H,5H2,(H,15,16)(H,11,12,13,14). The number of nitrogens with one attached hydrogen (secondary N) is 2. The van der Waals surface area contributed by atoms with E-state index in [0.29, 0.717) is 17.9 Å². The SMILES string of the molecule is O=C(O)Nc1cccc(Cc2nn[nH]n2)c1. The summed E-state index contributed by atoms with van der Waals surface area (Å²) < 4.78 is 0. The first-order valence-electron chi connectivity index (χ1n) is 4.55. The van der Waals surface area contributed by atoms with E-state index in [1.54, 1.807) is 18.2 Å². The molecule has 82 valence electrons. The molecule has 0 aliphatic rings. The number of H-pyrrole nitrogens is 1. The summed E-state index contributed by atoms with van der Waals surface area (Å²) in [6.45, 7) is 0. The molecule has 0 aliphatic carbocycles. The van der Waals surface area contributed by atoms with Crippen molar-refractivity contribution in [1.29, 1.82) is 0 Å². The molecule has 1 aromatic carbocycles. The van der Waals surface area contributed by atoms with Crippen LogP contribution in [0.25, 0.3) is 0 Å². The highest BCUT2D eigenvalue weighted by molar-refractivity contribution is 5.82. The number of rotatable bonds is 3. The van der Waals surface area contributed by atoms with Gasteiger partial charge in [-0.05, 0) is 17.7 Å². The Hall–Kier alpha value is -2.44. The van der Waals surface area contributed by atoms with Gasteiger partial charge in [-0.25, -0.2) is 4.79 Å². The second-order valence-electron chi connectivity index (χ2n) is 3.14. The molecule has 0 saturated heterocycles. The van der Waals surface area contributed by atoms with Crippen LogP contribution in [0.15, 0.2) is 24.3 Å². The fourth-order valence-corrected chi connectivity index (χ4v) is 1.32. The number of carbonyl (C=O) groups is 1. The molecule has 0 atom stereocenters. The highest BCUT2D eigenvalue weighted by Crippen LogP contribution is 2.12. The minimum absolute atomic E-state index is 0.506. The van der Waals surface area contributed by atoms with E-state index in [0.717, 1.165) is 5.56 Å². The van der Waals surface area contributed by atoms with Crippen molar-refractivity contribution in [3.63, 3.8) is 0 Å². The first-order valence-corrected chi connectivity index (χ1v) is 4.55. The lowest BCUT2D eigenvalue weighted by atomic mass is 10.1. The number of benzene rings is 1. The Morgan fingerprint density at radius 2 is 2.38 bits per heavy atom. The molecule has 0 aliphatic heterocycles. The minimum atomic E-state index is -1.09. The third kappa shape index (κ3) is 2.53. The van der Waals surface area contributed by atoms with Gasteiger partial charge >= 0.3 is 6.09 Å². The van der Waals surface area contributed by atoms with E-state index in [2.05, 4.69) is 25.9 Å². The smallest absolute Gasteiger partial charge is 0.409 e. The van der Waals surface area contributed by atoms with Crippen molar-refractivity contribution in [1.82, 2.24) is 20.6 Å². The number of aromatic amines is 1. The van der Waals surface area contributed by atoms with E-state index < -0.39 is 6.09 Å². The molecule has 0 radical (unpaired) electrons. The number of tetrazole rings is 1. The summed E-state index contributed by atoms with van der Waals surface area (Å²) in [5.74, 6) is 0.562. The summed E-state index contributed by atoms with van der Waals surface area (Å²) in [4.78, 5) is 10.4. The maximum Gasteiger partial charge on any atom is 0.409 e. The van der Waals surface area contributed by atoms with Gasteiger partial charge in [-0.3, -0.25) is 5.32 Å². The summed E-state index contributed by atoms with van der Waals surface area (Å²) in [6.07, 6.45) is -0.581. The van der Waals surface area contributed by atoms with Crippen LogP contribution in [0.1, 0.15) is 11.4 Å². The largest absolute Gasteiger partial charge is 0.465 e. The zero-order chi connectivity index (χ0) is 11.4. The Bertz CT molecular complexity index is 482. The average molecular weight is 219 g/mol. The van der Waals surface area contributed by atoms with E-state index in [9.17, 15) is 4.79 Å². The highest BCUT2D eigenvalue weighted by Gasteiger charge is 2.03. The van der Waals surface area contributed by atoms with Gasteiger partial charge in [-0.2, -0.15) is 5.21 Å². The molecule has 2 rings (SSSR count). The predicted octanol–water partition coefficient (Wildman–Crippen LogP) is 0.880. The van der Waals surface area contributed by atoms with Gasteiger partial charge in [0, 0.05) is 12.1 Å². The third-order valence-electron chi connectivity index (χ3n) is 1.93. The number of hydrogen-bond acceptors (Lipinski definition) is 4. The van der Waals surface area contributed by atoms with Crippen molar-refractivity contribution >= 4 is 11.8 Å². The van der Waals surface area contributed by atoms with E-state index in [1.165, 1.54) is 0 Å². The summed E-state index contributed by atoms with van der Waals surface area (Å²) >= 11 is 0. The molecule has 7 nitrogen and oxygen atoms in total. The Labute approximate surface area is 90.5 Å². The topological polar surface area (TPSA) is 104 Å². The fourth-order valence-electron chi connectivity index (χ4n) is 1.32. The monoisotopic (exact) mass is 219 g/mol. The van der Waals surface area contributed by atoms with Crippen molar-refractivity contribution in [2.75, 3.05) is 5.32 Å². The molecule has 1 aromatic heterocycles. The van der Waals surface area contributed by atoms with Crippen molar-refractivity contribution in [2.45, 2.75) is 6.42 Å². The third-order valence-corrected chi connectivity index (χ3v) is 1.93. The zero-order valence-electron chi connectivity index (χ0n) is 8.21. The van der Waals surface area contributed by atoms with Gasteiger partial charge in [-0.15, -0.1) is 10.2 Å². The predicted molar refractivity (Wildman–Crippen MR) is 55.1 cm³/mol. The summed E-state index contributed by atoms with van der Waals surface area (Å²) in [5, 5.41) is 24.3. The minimum Gasteiger partial charge on any atom is -0.465 e. The molecule has 16 heavy (non-hydrogen) atoms. The molecule has 7 heteroatoms. The number of aromatic nitrogens is 4. The van der Waals surface area contributed by atoms with Crippen LogP contribution >= 0.6 is 0 Å². The van der Waals surface area contributed by atoms with E-state index >= 15 is 0 Å². The molecule has 2 aromatic rings. The van der Waals surface area contributed by atoms with Crippen LogP contribution in [0, 0.1) is 0 Å². The Kier molecular flexibility index (Phi) is 2.77. The van der Waals surface area contributed by atoms with Crippen LogP contribution in [0.2, 0.25) is 0 Å². The number of carboxylic acid groups (broad SMARTS) is 1. The first kappa shape index (κ1) is 10.1. The highest BCUT2D eigenvalue weighted by atomic mass is 16.4. The van der Waals surface area contributed by atoms with Gasteiger partial charge in [0.1, 0.15) is 0 Å². The van der Waals surface area contributed by atoms with E-state index in [4.69, 9.17) is 5.11 Å². The normalized spacial score (nSPS) is 10.0. The molecule has 1 amide bonds. The second-order valence-corrected chi connectivity index (χ2v) is 3.14. The van der Waals surface area contributed by atoms with Crippen LogP contribution in [-0.2, 0) is 6.42 Å². The lowest BCUT2D eigenvalue weighted by Gasteiger charge is -2.02. The molecule has 0 fully saturated rings. The average Bonchev–Trinajstić information content (AvgIpc) is 2.70. The van der Waals surface area contributed by atoms with Crippen LogP contribution in [-0.4, -0.2) is 31.8 Å². The fraction of sp³-hybridized carbons (Fsp3) is 0.111. The zero-order valence-corrected chi connectivity index (χ0v) is 8.21. The Balaban J connectivity index is 2.13. The first-order chi connectivity index (χ1) is 7.74. The number of nitrogens with zero attached hydrogens (tertiary/aromatic N) is 3. The van der Waals surface area contributed by atoms with Crippen molar-refractivity contribution in [3.05, 3.63) is 35.7 Å². The molecule has 0 unspecified atom stereocenters. The van der Waals surface area contributed by atoms with Gasteiger partial charge in [0.05, 0.1) is 0 Å². The summed E-state index contributed by atoms with van der Waals surface area (Å²) in [6, 6.07) is 7.03. The molecule has 0 saturated carbocycles. The lowest BCUT2D eigenvalue weighted by molar-refractivity contribution is 0.210. The van der Waals surface area contributed by atoms with Crippen LogP contribution in [0.5, 0.6) is 0 Å².